The number of carbonyl (C=O) groups excluding carboxylic acids is 3. The summed E-state index contributed by atoms with van der Waals surface area (Å²) in [6, 6.07) is 16.9. The van der Waals surface area contributed by atoms with Gasteiger partial charge in [-0.2, -0.15) is 0 Å². The zero-order chi connectivity index (χ0) is 23.3. The molecule has 33 heavy (non-hydrogen) atoms. The number of rotatable bonds is 5. The van der Waals surface area contributed by atoms with Gasteiger partial charge >= 0.3 is 12.1 Å². The number of nitrogens with zero attached hydrogens (tertiary/aromatic N) is 1. The number of imide groups is 1. The molecule has 3 N–H and O–H groups in total. The fourth-order valence-electron chi connectivity index (χ4n) is 4.39. The van der Waals surface area contributed by atoms with Crippen molar-refractivity contribution in [1.29, 1.82) is 0 Å². The number of benzene rings is 2. The smallest absolute Gasteiger partial charge is 0.322 e. The molecule has 2 aromatic carbocycles. The molecule has 0 spiro atoms. The van der Waals surface area contributed by atoms with Gasteiger partial charge in [-0.25, -0.2) is 9.59 Å². The molecule has 0 aromatic heterocycles. The van der Waals surface area contributed by atoms with Crippen LogP contribution in [-0.4, -0.2) is 35.5 Å². The topological polar surface area (TPSA) is 90.5 Å². The van der Waals surface area contributed by atoms with E-state index in [0.29, 0.717) is 12.1 Å². The van der Waals surface area contributed by atoms with Gasteiger partial charge in [-0.3, -0.25) is 10.1 Å². The minimum absolute atomic E-state index is 0.0512. The summed E-state index contributed by atoms with van der Waals surface area (Å²) in [5, 5.41) is 8.00. The van der Waals surface area contributed by atoms with Crippen molar-refractivity contribution in [3.63, 3.8) is 0 Å². The summed E-state index contributed by atoms with van der Waals surface area (Å²) in [4.78, 5) is 38.9. The van der Waals surface area contributed by atoms with E-state index in [2.05, 4.69) is 40.2 Å². The average Bonchev–Trinajstić information content (AvgIpc) is 2.97. The standard InChI is InChI=1S/C26H30N4O3/c1-26(23(31)28-24(32)29-26)21-12-8-11-20(17-21)18-27-25(33)30-16-7-3-6-13-22(30)15-14-19-9-4-2-5-10-19/h2,4-5,8-12,14-15,17,22H,3,6-7,13,16,18H2,1H3,(H,27,33)(H2,28,29,31,32)/b15-14+. The third-order valence-electron chi connectivity index (χ3n) is 6.36. The number of amides is 5. The second-order valence-electron chi connectivity index (χ2n) is 8.77. The Morgan fingerprint density at radius 1 is 1.12 bits per heavy atom. The molecule has 0 bridgehead atoms. The molecule has 2 heterocycles. The van der Waals surface area contributed by atoms with Crippen LogP contribution in [0.1, 0.15) is 49.3 Å². The van der Waals surface area contributed by atoms with E-state index in [0.717, 1.165) is 43.4 Å². The van der Waals surface area contributed by atoms with Crippen LogP contribution < -0.4 is 16.0 Å². The Hall–Kier alpha value is -3.61. The molecule has 2 saturated heterocycles. The average molecular weight is 447 g/mol. The largest absolute Gasteiger partial charge is 0.334 e. The summed E-state index contributed by atoms with van der Waals surface area (Å²) in [5.74, 6) is -0.383. The van der Waals surface area contributed by atoms with Crippen LogP contribution in [0, 0.1) is 0 Å². The van der Waals surface area contributed by atoms with Gasteiger partial charge < -0.3 is 15.5 Å². The zero-order valence-electron chi connectivity index (χ0n) is 18.8. The lowest BCUT2D eigenvalue weighted by molar-refractivity contribution is -0.123. The normalized spacial score (nSPS) is 23.2. The second kappa shape index (κ2) is 9.90. The van der Waals surface area contributed by atoms with E-state index >= 15 is 0 Å². The Balaban J connectivity index is 1.43. The van der Waals surface area contributed by atoms with Gasteiger partial charge in [-0.15, -0.1) is 0 Å². The van der Waals surface area contributed by atoms with Crippen molar-refractivity contribution in [1.82, 2.24) is 20.9 Å². The van der Waals surface area contributed by atoms with E-state index in [4.69, 9.17) is 0 Å². The van der Waals surface area contributed by atoms with Gasteiger partial charge in [0, 0.05) is 13.1 Å². The molecule has 2 fully saturated rings. The highest BCUT2D eigenvalue weighted by Gasteiger charge is 2.43. The molecule has 5 amide bonds. The maximum atomic E-state index is 13.1. The van der Waals surface area contributed by atoms with Crippen molar-refractivity contribution >= 4 is 24.0 Å². The van der Waals surface area contributed by atoms with Crippen molar-refractivity contribution < 1.29 is 14.4 Å². The molecular weight excluding hydrogens is 416 g/mol. The van der Waals surface area contributed by atoms with E-state index in [1.165, 1.54) is 0 Å². The molecule has 7 nitrogen and oxygen atoms in total. The first-order valence-corrected chi connectivity index (χ1v) is 11.5. The predicted octanol–water partition coefficient (Wildman–Crippen LogP) is 3.91. The maximum absolute atomic E-state index is 13.1. The summed E-state index contributed by atoms with van der Waals surface area (Å²) in [6.07, 6.45) is 8.37. The van der Waals surface area contributed by atoms with Crippen molar-refractivity contribution in [3.8, 4) is 0 Å². The van der Waals surface area contributed by atoms with Crippen molar-refractivity contribution in [2.45, 2.75) is 50.7 Å². The summed E-state index contributed by atoms with van der Waals surface area (Å²) in [5.41, 5.74) is 1.54. The number of urea groups is 2. The van der Waals surface area contributed by atoms with Gasteiger partial charge in [0.25, 0.3) is 5.91 Å². The fraction of sp³-hybridized carbons (Fsp3) is 0.346. The fourth-order valence-corrected chi connectivity index (χ4v) is 4.39. The third-order valence-corrected chi connectivity index (χ3v) is 6.36. The van der Waals surface area contributed by atoms with Crippen LogP contribution in [0.25, 0.3) is 6.08 Å². The van der Waals surface area contributed by atoms with E-state index in [-0.39, 0.29) is 18.0 Å². The molecule has 7 heteroatoms. The Labute approximate surface area is 194 Å². The van der Waals surface area contributed by atoms with E-state index < -0.39 is 11.6 Å². The second-order valence-corrected chi connectivity index (χ2v) is 8.77. The summed E-state index contributed by atoms with van der Waals surface area (Å²) in [6.45, 7) is 2.73. The number of carbonyl (C=O) groups is 3. The van der Waals surface area contributed by atoms with Crippen LogP contribution in [-0.2, 0) is 16.9 Å². The Kier molecular flexibility index (Phi) is 6.77. The monoisotopic (exact) mass is 446 g/mol. The molecule has 2 aliphatic rings. The number of nitrogens with one attached hydrogen (secondary N) is 3. The Bertz CT molecular complexity index is 1050. The van der Waals surface area contributed by atoms with Crippen LogP contribution in [0.4, 0.5) is 9.59 Å². The van der Waals surface area contributed by atoms with E-state index in [1.807, 2.05) is 41.3 Å². The number of likely N-dealkylation sites (tertiary alicyclic amines) is 1. The molecular formula is C26H30N4O3. The van der Waals surface area contributed by atoms with Gasteiger partial charge in [-0.05, 0) is 36.5 Å². The minimum Gasteiger partial charge on any atom is -0.334 e. The molecule has 4 rings (SSSR count). The lowest BCUT2D eigenvalue weighted by Gasteiger charge is -2.28. The van der Waals surface area contributed by atoms with E-state index in [1.54, 1.807) is 13.0 Å². The molecule has 2 aliphatic heterocycles. The number of hydrogen-bond donors (Lipinski definition) is 3. The van der Waals surface area contributed by atoms with E-state index in [9.17, 15) is 14.4 Å². The van der Waals surface area contributed by atoms with Gasteiger partial charge in [0.1, 0.15) is 5.54 Å². The van der Waals surface area contributed by atoms with Gasteiger partial charge in [0.2, 0.25) is 0 Å². The quantitative estimate of drug-likeness (QED) is 0.608. The van der Waals surface area contributed by atoms with Crippen LogP contribution in [0.2, 0.25) is 0 Å². The molecule has 0 aliphatic carbocycles. The summed E-state index contributed by atoms with van der Waals surface area (Å²) >= 11 is 0. The van der Waals surface area contributed by atoms with Gasteiger partial charge in [0.05, 0.1) is 6.04 Å². The first-order chi connectivity index (χ1) is 16.0. The number of hydrogen-bond acceptors (Lipinski definition) is 3. The lowest BCUT2D eigenvalue weighted by atomic mass is 9.91. The van der Waals surface area contributed by atoms with Gasteiger partial charge in [-0.1, -0.05) is 79.6 Å². The minimum atomic E-state index is -1.12. The lowest BCUT2D eigenvalue weighted by Crippen LogP contribution is -2.45. The van der Waals surface area contributed by atoms with Crippen molar-refractivity contribution in [2.24, 2.45) is 0 Å². The van der Waals surface area contributed by atoms with Crippen LogP contribution in [0.15, 0.2) is 60.7 Å². The third kappa shape index (κ3) is 5.25. The van der Waals surface area contributed by atoms with Crippen LogP contribution >= 0.6 is 0 Å². The summed E-state index contributed by atoms with van der Waals surface area (Å²) in [7, 11) is 0. The highest BCUT2D eigenvalue weighted by molar-refractivity contribution is 6.07. The molecule has 2 unspecified atom stereocenters. The van der Waals surface area contributed by atoms with Crippen LogP contribution in [0.3, 0.4) is 0 Å². The summed E-state index contributed by atoms with van der Waals surface area (Å²) < 4.78 is 0. The highest BCUT2D eigenvalue weighted by atomic mass is 16.2. The van der Waals surface area contributed by atoms with Gasteiger partial charge in [0.15, 0.2) is 0 Å². The predicted molar refractivity (Wildman–Crippen MR) is 127 cm³/mol. The first-order valence-electron chi connectivity index (χ1n) is 11.5. The van der Waals surface area contributed by atoms with Crippen LogP contribution in [0.5, 0.6) is 0 Å². The van der Waals surface area contributed by atoms with Crippen molar-refractivity contribution in [2.75, 3.05) is 6.54 Å². The Morgan fingerprint density at radius 2 is 1.94 bits per heavy atom. The SMILES string of the molecule is CC1(c2cccc(CNC(=O)N3CCCCCC3/C=C/c3ccccc3)c2)NC(=O)NC1=O. The zero-order valence-corrected chi connectivity index (χ0v) is 18.8. The van der Waals surface area contributed by atoms with Crippen molar-refractivity contribution in [3.05, 3.63) is 77.4 Å². The molecule has 0 saturated carbocycles. The molecule has 2 aromatic rings. The molecule has 0 radical (unpaired) electrons. The first kappa shape index (κ1) is 22.6. The highest BCUT2D eigenvalue weighted by Crippen LogP contribution is 2.25. The molecule has 2 atom stereocenters. The maximum Gasteiger partial charge on any atom is 0.322 e. The Morgan fingerprint density at radius 3 is 2.70 bits per heavy atom. The molecule has 172 valence electrons.